The van der Waals surface area contributed by atoms with Crippen LogP contribution in [-0.4, -0.2) is 40.6 Å². The number of carbonyl (C=O) groups is 1. The van der Waals surface area contributed by atoms with E-state index >= 15 is 4.39 Å². The third-order valence-corrected chi connectivity index (χ3v) is 6.20. The summed E-state index contributed by atoms with van der Waals surface area (Å²) in [6.45, 7) is 5.92. The van der Waals surface area contributed by atoms with Crippen LogP contribution in [0.1, 0.15) is 31.1 Å². The fourth-order valence-electron chi connectivity index (χ4n) is 4.80. The highest BCUT2D eigenvalue weighted by Crippen LogP contribution is 2.32. The van der Waals surface area contributed by atoms with Gasteiger partial charge in [0.1, 0.15) is 5.82 Å². The van der Waals surface area contributed by atoms with Crippen LogP contribution in [0.4, 0.5) is 21.7 Å². The zero-order valence-corrected chi connectivity index (χ0v) is 20.4. The Morgan fingerprint density at radius 1 is 1.03 bits per heavy atom. The van der Waals surface area contributed by atoms with E-state index in [2.05, 4.69) is 5.32 Å². The van der Waals surface area contributed by atoms with Gasteiger partial charge in [0.2, 0.25) is 0 Å². The first kappa shape index (κ1) is 23.7. The number of para-hydroxylation sites is 2. The SMILES string of the molecule is CC(=O)c1c(F)c(N2CC(C)OC(C)C2)nc2c1c(=O)cc(Nc1ccccc1)n2-c1ccccc1. The van der Waals surface area contributed by atoms with Crippen LogP contribution >= 0.6 is 0 Å². The minimum absolute atomic E-state index is 0.0376. The molecular formula is C28H27FN4O3. The number of carbonyl (C=O) groups excluding carboxylic acids is 1. The summed E-state index contributed by atoms with van der Waals surface area (Å²) in [5.74, 6) is -0.823. The van der Waals surface area contributed by atoms with Crippen LogP contribution in [0.3, 0.4) is 0 Å². The number of nitrogens with one attached hydrogen (secondary N) is 1. The Bertz CT molecular complexity index is 1480. The summed E-state index contributed by atoms with van der Waals surface area (Å²) in [4.78, 5) is 32.6. The molecule has 2 aromatic carbocycles. The summed E-state index contributed by atoms with van der Waals surface area (Å²) in [6.07, 6.45) is -0.289. The monoisotopic (exact) mass is 486 g/mol. The molecule has 4 aromatic rings. The highest BCUT2D eigenvalue weighted by atomic mass is 19.1. The molecule has 0 bridgehead atoms. The van der Waals surface area contributed by atoms with Gasteiger partial charge in [0.15, 0.2) is 28.5 Å². The molecule has 2 atom stereocenters. The fraction of sp³-hybridized carbons (Fsp3) is 0.250. The van der Waals surface area contributed by atoms with Crippen molar-refractivity contribution in [2.45, 2.75) is 33.0 Å². The molecule has 1 aliphatic heterocycles. The topological polar surface area (TPSA) is 76.5 Å². The Hall–Kier alpha value is -4.04. The number of hydrogen-bond donors (Lipinski definition) is 1. The standard InChI is InChI=1S/C28H27FN4O3/c1-17-15-32(16-18(2)36-17)28-26(29)24(19(3)34)25-22(35)14-23(30-20-10-6-4-7-11-20)33(27(25)31-28)21-12-8-5-9-13-21/h4-14,17-18,30H,15-16H2,1-3H3. The zero-order chi connectivity index (χ0) is 25.4. The number of aromatic nitrogens is 2. The van der Waals surface area contributed by atoms with Crippen molar-refractivity contribution < 1.29 is 13.9 Å². The van der Waals surface area contributed by atoms with Crippen molar-refractivity contribution in [2.75, 3.05) is 23.3 Å². The Kier molecular flexibility index (Phi) is 6.28. The van der Waals surface area contributed by atoms with Gasteiger partial charge in [-0.3, -0.25) is 14.2 Å². The highest BCUT2D eigenvalue weighted by Gasteiger charge is 2.30. The molecule has 0 radical (unpaired) electrons. The summed E-state index contributed by atoms with van der Waals surface area (Å²) in [5, 5.41) is 3.25. The molecule has 3 heterocycles. The molecule has 1 aliphatic rings. The van der Waals surface area contributed by atoms with E-state index in [4.69, 9.17) is 9.72 Å². The number of benzene rings is 2. The van der Waals surface area contributed by atoms with E-state index in [1.165, 1.54) is 13.0 Å². The predicted molar refractivity (Wildman–Crippen MR) is 139 cm³/mol. The van der Waals surface area contributed by atoms with Crippen molar-refractivity contribution in [1.29, 1.82) is 0 Å². The molecule has 1 N–H and O–H groups in total. The van der Waals surface area contributed by atoms with Crippen molar-refractivity contribution in [1.82, 2.24) is 9.55 Å². The molecule has 36 heavy (non-hydrogen) atoms. The number of hydrogen-bond acceptors (Lipinski definition) is 6. The lowest BCUT2D eigenvalue weighted by molar-refractivity contribution is -0.00563. The molecule has 0 saturated carbocycles. The van der Waals surface area contributed by atoms with Gasteiger partial charge in [-0.15, -0.1) is 0 Å². The smallest absolute Gasteiger partial charge is 0.194 e. The van der Waals surface area contributed by atoms with Crippen molar-refractivity contribution in [3.05, 3.63) is 88.3 Å². The number of fused-ring (bicyclic) bond motifs is 1. The second kappa shape index (κ2) is 9.54. The average molecular weight is 487 g/mol. The molecule has 1 saturated heterocycles. The number of Topliss-reactive ketones (excluding diaryl/α,β-unsaturated/α-hetero) is 1. The summed E-state index contributed by atoms with van der Waals surface area (Å²) in [7, 11) is 0. The molecule has 184 valence electrons. The quantitative estimate of drug-likeness (QED) is 0.396. The van der Waals surface area contributed by atoms with Crippen LogP contribution in [0.5, 0.6) is 0 Å². The molecule has 2 unspecified atom stereocenters. The normalized spacial score (nSPS) is 17.8. The Labute approximate surface area is 208 Å². The largest absolute Gasteiger partial charge is 0.372 e. The van der Waals surface area contributed by atoms with Crippen LogP contribution in [0.25, 0.3) is 16.7 Å². The molecular weight excluding hydrogens is 459 g/mol. The lowest BCUT2D eigenvalue weighted by Crippen LogP contribution is -2.46. The minimum atomic E-state index is -0.781. The van der Waals surface area contributed by atoms with Gasteiger partial charge in [0.05, 0.1) is 23.2 Å². The van der Waals surface area contributed by atoms with E-state index in [0.717, 1.165) is 5.69 Å². The van der Waals surface area contributed by atoms with Crippen molar-refractivity contribution in [2.24, 2.45) is 0 Å². The first-order valence-corrected chi connectivity index (χ1v) is 11.9. The maximum absolute atomic E-state index is 15.9. The summed E-state index contributed by atoms with van der Waals surface area (Å²) < 4.78 is 23.5. The van der Waals surface area contributed by atoms with Gasteiger partial charge < -0.3 is 15.0 Å². The second-order valence-electron chi connectivity index (χ2n) is 9.10. The van der Waals surface area contributed by atoms with Gasteiger partial charge in [-0.1, -0.05) is 36.4 Å². The fourth-order valence-corrected chi connectivity index (χ4v) is 4.80. The first-order valence-electron chi connectivity index (χ1n) is 11.9. The summed E-state index contributed by atoms with van der Waals surface area (Å²) >= 11 is 0. The van der Waals surface area contributed by atoms with Crippen molar-refractivity contribution in [3.63, 3.8) is 0 Å². The van der Waals surface area contributed by atoms with Crippen LogP contribution in [0.15, 0.2) is 71.5 Å². The number of pyridine rings is 2. The Balaban J connectivity index is 1.85. The zero-order valence-electron chi connectivity index (χ0n) is 20.4. The maximum atomic E-state index is 15.9. The van der Waals surface area contributed by atoms with E-state index in [1.807, 2.05) is 74.5 Å². The predicted octanol–water partition coefficient (Wildman–Crippen LogP) is 5.08. The van der Waals surface area contributed by atoms with E-state index in [0.29, 0.717) is 24.6 Å². The van der Waals surface area contributed by atoms with E-state index in [1.54, 1.807) is 9.47 Å². The molecule has 2 aromatic heterocycles. The highest BCUT2D eigenvalue weighted by molar-refractivity contribution is 6.07. The third kappa shape index (κ3) is 4.35. The molecule has 1 fully saturated rings. The van der Waals surface area contributed by atoms with E-state index in [9.17, 15) is 9.59 Å². The number of morpholine rings is 1. The van der Waals surface area contributed by atoms with Crippen LogP contribution in [0.2, 0.25) is 0 Å². The van der Waals surface area contributed by atoms with Crippen LogP contribution < -0.4 is 15.6 Å². The molecule has 0 amide bonds. The minimum Gasteiger partial charge on any atom is -0.372 e. The number of ether oxygens (including phenoxy) is 1. The molecule has 0 spiro atoms. The van der Waals surface area contributed by atoms with Gasteiger partial charge in [-0.25, -0.2) is 9.37 Å². The van der Waals surface area contributed by atoms with Gasteiger partial charge in [-0.05, 0) is 45.0 Å². The lowest BCUT2D eigenvalue weighted by atomic mass is 10.1. The lowest BCUT2D eigenvalue weighted by Gasteiger charge is -2.36. The van der Waals surface area contributed by atoms with Gasteiger partial charge in [0.25, 0.3) is 0 Å². The van der Waals surface area contributed by atoms with Gasteiger partial charge >= 0.3 is 0 Å². The molecule has 5 rings (SSSR count). The third-order valence-electron chi connectivity index (χ3n) is 6.20. The maximum Gasteiger partial charge on any atom is 0.194 e. The van der Waals surface area contributed by atoms with E-state index in [-0.39, 0.29) is 34.6 Å². The summed E-state index contributed by atoms with van der Waals surface area (Å²) in [6, 6.07) is 20.2. The molecule has 8 heteroatoms. The second-order valence-corrected chi connectivity index (χ2v) is 9.10. The van der Waals surface area contributed by atoms with E-state index < -0.39 is 17.0 Å². The van der Waals surface area contributed by atoms with Crippen molar-refractivity contribution >= 4 is 34.1 Å². The van der Waals surface area contributed by atoms with Gasteiger partial charge in [0, 0.05) is 30.5 Å². The Morgan fingerprint density at radius 2 is 1.64 bits per heavy atom. The number of nitrogens with zero attached hydrogens (tertiary/aromatic N) is 3. The summed E-state index contributed by atoms with van der Waals surface area (Å²) in [5.41, 5.74) is 0.959. The number of rotatable bonds is 5. The van der Waals surface area contributed by atoms with Gasteiger partial charge in [-0.2, -0.15) is 0 Å². The number of halogens is 1. The molecule has 7 nitrogen and oxygen atoms in total. The number of anilines is 3. The van der Waals surface area contributed by atoms with Crippen LogP contribution in [0, 0.1) is 5.82 Å². The number of ketones is 1. The average Bonchev–Trinajstić information content (AvgIpc) is 2.84. The Morgan fingerprint density at radius 3 is 2.25 bits per heavy atom. The van der Waals surface area contributed by atoms with Crippen molar-refractivity contribution in [3.8, 4) is 5.69 Å². The van der Waals surface area contributed by atoms with Crippen LogP contribution in [-0.2, 0) is 4.74 Å². The molecule has 0 aliphatic carbocycles. The first-order chi connectivity index (χ1) is 17.3.